The predicted octanol–water partition coefficient (Wildman–Crippen LogP) is 5.60. The largest absolute Gasteiger partial charge is 0.340 e. The number of para-hydroxylation sites is 1. The fourth-order valence-electron chi connectivity index (χ4n) is 3.45. The molecule has 0 amide bonds. The lowest BCUT2D eigenvalue weighted by Crippen LogP contribution is -2.23. The third kappa shape index (κ3) is 4.69. The van der Waals surface area contributed by atoms with E-state index < -0.39 is 10.1 Å². The number of nitrogens with zero attached hydrogens (tertiary/aromatic N) is 1. The SMILES string of the molecule is CC(=O)c1ccc2c(c1)N(CCCOS(=O)(=O)c1ccc(C)cc1)c1ccccc1S2. The van der Waals surface area contributed by atoms with E-state index in [0.29, 0.717) is 18.5 Å². The maximum atomic E-state index is 12.4. The molecule has 1 aliphatic rings. The number of hydrogen-bond acceptors (Lipinski definition) is 6. The van der Waals surface area contributed by atoms with E-state index in [2.05, 4.69) is 11.0 Å². The molecule has 7 heteroatoms. The molecule has 3 aromatic rings. The van der Waals surface area contributed by atoms with Gasteiger partial charge in [-0.1, -0.05) is 47.7 Å². The van der Waals surface area contributed by atoms with Crippen LogP contribution in [0.15, 0.2) is 81.4 Å². The van der Waals surface area contributed by atoms with Crippen LogP contribution in [0, 0.1) is 6.92 Å². The van der Waals surface area contributed by atoms with Gasteiger partial charge in [0.25, 0.3) is 10.1 Å². The fraction of sp³-hybridized carbons (Fsp3) is 0.208. The summed E-state index contributed by atoms with van der Waals surface area (Å²) < 4.78 is 30.1. The number of fused-ring (bicyclic) bond motifs is 2. The fourth-order valence-corrected chi connectivity index (χ4v) is 5.47. The lowest BCUT2D eigenvalue weighted by atomic mass is 10.1. The van der Waals surface area contributed by atoms with Gasteiger partial charge in [0.1, 0.15) is 0 Å². The third-order valence-electron chi connectivity index (χ3n) is 5.11. The minimum Gasteiger partial charge on any atom is -0.340 e. The first-order valence-electron chi connectivity index (χ1n) is 10.0. The van der Waals surface area contributed by atoms with Crippen molar-refractivity contribution in [1.82, 2.24) is 0 Å². The zero-order valence-electron chi connectivity index (χ0n) is 17.4. The molecule has 0 atom stereocenters. The molecule has 31 heavy (non-hydrogen) atoms. The Balaban J connectivity index is 1.51. The van der Waals surface area contributed by atoms with Crippen LogP contribution >= 0.6 is 11.8 Å². The van der Waals surface area contributed by atoms with Gasteiger partial charge in [-0.3, -0.25) is 8.98 Å². The highest BCUT2D eigenvalue weighted by molar-refractivity contribution is 7.99. The van der Waals surface area contributed by atoms with Crippen LogP contribution in [0.1, 0.15) is 29.3 Å². The van der Waals surface area contributed by atoms with Gasteiger partial charge in [-0.05, 0) is 56.7 Å². The summed E-state index contributed by atoms with van der Waals surface area (Å²) in [6.07, 6.45) is 0.508. The summed E-state index contributed by atoms with van der Waals surface area (Å²) in [6.45, 7) is 4.10. The number of Topliss-reactive ketones (excluding diaryl/α,β-unsaturated/α-hetero) is 1. The first-order valence-corrected chi connectivity index (χ1v) is 12.2. The van der Waals surface area contributed by atoms with Gasteiger partial charge in [0.2, 0.25) is 0 Å². The van der Waals surface area contributed by atoms with E-state index in [4.69, 9.17) is 4.18 Å². The Labute approximate surface area is 187 Å². The predicted molar refractivity (Wildman–Crippen MR) is 123 cm³/mol. The van der Waals surface area contributed by atoms with E-state index in [1.165, 1.54) is 0 Å². The minimum atomic E-state index is -3.79. The second-order valence-corrected chi connectivity index (χ2v) is 10.1. The summed E-state index contributed by atoms with van der Waals surface area (Å²) in [4.78, 5) is 16.4. The highest BCUT2D eigenvalue weighted by Crippen LogP contribution is 2.48. The molecule has 1 aliphatic heterocycles. The lowest BCUT2D eigenvalue weighted by molar-refractivity contribution is 0.101. The lowest BCUT2D eigenvalue weighted by Gasteiger charge is -2.33. The Morgan fingerprint density at radius 3 is 2.42 bits per heavy atom. The Morgan fingerprint density at radius 2 is 1.68 bits per heavy atom. The van der Waals surface area contributed by atoms with Crippen LogP contribution in [0.3, 0.4) is 0 Å². The third-order valence-corrected chi connectivity index (χ3v) is 7.56. The summed E-state index contributed by atoms with van der Waals surface area (Å²) in [6, 6.07) is 20.4. The highest BCUT2D eigenvalue weighted by Gasteiger charge is 2.24. The molecule has 3 aromatic carbocycles. The van der Waals surface area contributed by atoms with Crippen LogP contribution in [0.4, 0.5) is 11.4 Å². The van der Waals surface area contributed by atoms with Crippen molar-refractivity contribution in [3.63, 3.8) is 0 Å². The molecule has 0 saturated carbocycles. The van der Waals surface area contributed by atoms with E-state index in [-0.39, 0.29) is 17.3 Å². The minimum absolute atomic E-state index is 0.0131. The Kier molecular flexibility index (Phi) is 6.18. The summed E-state index contributed by atoms with van der Waals surface area (Å²) in [7, 11) is -3.79. The number of rotatable bonds is 7. The monoisotopic (exact) mass is 453 g/mol. The maximum Gasteiger partial charge on any atom is 0.296 e. The molecule has 0 N–H and O–H groups in total. The maximum absolute atomic E-state index is 12.4. The quantitative estimate of drug-likeness (QED) is 0.264. The zero-order valence-corrected chi connectivity index (χ0v) is 19.0. The van der Waals surface area contributed by atoms with Crippen molar-refractivity contribution in [2.75, 3.05) is 18.1 Å². The van der Waals surface area contributed by atoms with E-state index in [9.17, 15) is 13.2 Å². The molecular weight excluding hydrogens is 430 g/mol. The summed E-state index contributed by atoms with van der Waals surface area (Å²) in [5, 5.41) is 0. The van der Waals surface area contributed by atoms with Gasteiger partial charge in [0.15, 0.2) is 5.78 Å². The van der Waals surface area contributed by atoms with Crippen LogP contribution in [-0.4, -0.2) is 27.4 Å². The molecule has 0 radical (unpaired) electrons. The molecule has 0 saturated heterocycles. The molecule has 0 fully saturated rings. The van der Waals surface area contributed by atoms with Crippen molar-refractivity contribution in [1.29, 1.82) is 0 Å². The molecule has 4 rings (SSSR count). The van der Waals surface area contributed by atoms with Crippen LogP contribution < -0.4 is 4.90 Å². The number of anilines is 2. The van der Waals surface area contributed by atoms with Crippen LogP contribution in [0.2, 0.25) is 0 Å². The van der Waals surface area contributed by atoms with Crippen molar-refractivity contribution in [2.24, 2.45) is 0 Å². The Bertz CT molecular complexity index is 1220. The van der Waals surface area contributed by atoms with Crippen LogP contribution in [0.5, 0.6) is 0 Å². The van der Waals surface area contributed by atoms with Crippen LogP contribution in [0.25, 0.3) is 0 Å². The molecule has 0 bridgehead atoms. The second-order valence-electron chi connectivity index (χ2n) is 7.40. The summed E-state index contributed by atoms with van der Waals surface area (Å²) in [5.74, 6) is 0.0131. The molecule has 1 heterocycles. The van der Waals surface area contributed by atoms with Crippen molar-refractivity contribution < 1.29 is 17.4 Å². The molecular formula is C24H23NO4S2. The van der Waals surface area contributed by atoms with Gasteiger partial charge < -0.3 is 4.90 Å². The van der Waals surface area contributed by atoms with Crippen molar-refractivity contribution >= 4 is 39.0 Å². The molecule has 0 unspecified atom stereocenters. The van der Waals surface area contributed by atoms with E-state index >= 15 is 0 Å². The van der Waals surface area contributed by atoms with Crippen LogP contribution in [-0.2, 0) is 14.3 Å². The Morgan fingerprint density at radius 1 is 0.968 bits per heavy atom. The van der Waals surface area contributed by atoms with E-state index in [1.807, 2.05) is 43.3 Å². The van der Waals surface area contributed by atoms with Gasteiger partial charge >= 0.3 is 0 Å². The van der Waals surface area contributed by atoms with Gasteiger partial charge in [0, 0.05) is 21.9 Å². The van der Waals surface area contributed by atoms with Crippen molar-refractivity contribution in [3.8, 4) is 0 Å². The number of ketones is 1. The average Bonchev–Trinajstić information content (AvgIpc) is 2.75. The smallest absolute Gasteiger partial charge is 0.296 e. The number of carbonyl (C=O) groups excluding carboxylic acids is 1. The van der Waals surface area contributed by atoms with Gasteiger partial charge in [-0.25, -0.2) is 0 Å². The normalized spacial score (nSPS) is 12.9. The molecule has 0 aliphatic carbocycles. The van der Waals surface area contributed by atoms with E-state index in [1.54, 1.807) is 43.0 Å². The number of aryl methyl sites for hydroxylation is 1. The molecule has 160 valence electrons. The van der Waals surface area contributed by atoms with Gasteiger partial charge in [-0.15, -0.1) is 0 Å². The zero-order chi connectivity index (χ0) is 22.0. The molecule has 0 spiro atoms. The number of benzene rings is 3. The van der Waals surface area contributed by atoms with Gasteiger partial charge in [0.05, 0.1) is 22.9 Å². The molecule has 0 aromatic heterocycles. The molecule has 5 nitrogen and oxygen atoms in total. The van der Waals surface area contributed by atoms with Gasteiger partial charge in [-0.2, -0.15) is 8.42 Å². The standard InChI is InChI=1S/C24H23NO4S2/c1-17-8-11-20(12-9-17)31(27,28)29-15-5-14-25-21-6-3-4-7-23(21)30-24-13-10-19(18(2)26)16-22(24)25/h3-4,6-13,16H,5,14-15H2,1-2H3. The second kappa shape index (κ2) is 8.86. The Hall–Kier alpha value is -2.61. The number of carbonyl (C=O) groups is 1. The summed E-state index contributed by atoms with van der Waals surface area (Å²) >= 11 is 1.67. The van der Waals surface area contributed by atoms with Crippen molar-refractivity contribution in [2.45, 2.75) is 35.0 Å². The van der Waals surface area contributed by atoms with Crippen molar-refractivity contribution in [3.05, 3.63) is 77.9 Å². The summed E-state index contributed by atoms with van der Waals surface area (Å²) in [5.41, 5.74) is 3.64. The van der Waals surface area contributed by atoms with E-state index in [0.717, 1.165) is 26.7 Å². The first-order chi connectivity index (χ1) is 14.8. The topological polar surface area (TPSA) is 63.7 Å². The number of hydrogen-bond donors (Lipinski definition) is 0. The first kappa shape index (κ1) is 21.6. The highest BCUT2D eigenvalue weighted by atomic mass is 32.2. The average molecular weight is 454 g/mol.